The highest BCUT2D eigenvalue weighted by Gasteiger charge is 2.12. The normalized spacial score (nSPS) is 10.5. The van der Waals surface area contributed by atoms with Crippen LogP contribution in [0.4, 0.5) is 5.69 Å². The topological polar surface area (TPSA) is 89.2 Å². The van der Waals surface area contributed by atoms with Crippen molar-refractivity contribution in [2.45, 2.75) is 20.3 Å². The SMILES string of the molecule is Cc1cc(C)n(-c2ccccc2NC(=O)CCNC(=O)c2ccco2)n1. The van der Waals surface area contributed by atoms with E-state index < -0.39 is 0 Å². The summed E-state index contributed by atoms with van der Waals surface area (Å²) < 4.78 is 6.80. The first kappa shape index (κ1) is 17.5. The highest BCUT2D eigenvalue weighted by Crippen LogP contribution is 2.21. The lowest BCUT2D eigenvalue weighted by Crippen LogP contribution is -2.27. The van der Waals surface area contributed by atoms with Gasteiger partial charge in [-0.3, -0.25) is 9.59 Å². The molecular formula is C19H20N4O3. The van der Waals surface area contributed by atoms with Gasteiger partial charge in [0.1, 0.15) is 0 Å². The number of furan rings is 1. The summed E-state index contributed by atoms with van der Waals surface area (Å²) in [5.74, 6) is -0.315. The summed E-state index contributed by atoms with van der Waals surface area (Å²) in [4.78, 5) is 24.0. The number of amides is 2. The van der Waals surface area contributed by atoms with Gasteiger partial charge in [0.05, 0.1) is 23.3 Å². The third-order valence-electron chi connectivity index (χ3n) is 3.80. The van der Waals surface area contributed by atoms with E-state index in [1.54, 1.807) is 16.8 Å². The number of hydrogen-bond donors (Lipinski definition) is 2. The maximum Gasteiger partial charge on any atom is 0.286 e. The zero-order chi connectivity index (χ0) is 18.5. The number of benzene rings is 1. The second-order valence-corrected chi connectivity index (χ2v) is 5.89. The zero-order valence-corrected chi connectivity index (χ0v) is 14.7. The number of nitrogens with zero attached hydrogens (tertiary/aromatic N) is 2. The number of para-hydroxylation sites is 2. The Balaban J connectivity index is 1.61. The van der Waals surface area contributed by atoms with Crippen LogP contribution in [0.15, 0.2) is 53.1 Å². The molecule has 2 aromatic heterocycles. The van der Waals surface area contributed by atoms with Crippen LogP contribution in [-0.4, -0.2) is 28.1 Å². The Morgan fingerprint density at radius 1 is 1.15 bits per heavy atom. The van der Waals surface area contributed by atoms with Gasteiger partial charge in [0.25, 0.3) is 5.91 Å². The fourth-order valence-electron chi connectivity index (χ4n) is 2.63. The smallest absolute Gasteiger partial charge is 0.286 e. The highest BCUT2D eigenvalue weighted by atomic mass is 16.3. The van der Waals surface area contributed by atoms with Crippen LogP contribution < -0.4 is 10.6 Å². The van der Waals surface area contributed by atoms with E-state index >= 15 is 0 Å². The molecule has 1 aromatic carbocycles. The highest BCUT2D eigenvalue weighted by molar-refractivity contribution is 5.94. The van der Waals surface area contributed by atoms with Gasteiger partial charge in [-0.05, 0) is 44.2 Å². The molecular weight excluding hydrogens is 332 g/mol. The van der Waals surface area contributed by atoms with Crippen molar-refractivity contribution in [2.75, 3.05) is 11.9 Å². The quantitative estimate of drug-likeness (QED) is 0.714. The molecule has 0 bridgehead atoms. The lowest BCUT2D eigenvalue weighted by Gasteiger charge is -2.12. The maximum atomic E-state index is 12.2. The molecule has 2 heterocycles. The first-order chi connectivity index (χ1) is 12.5. The molecule has 7 heteroatoms. The molecule has 0 aliphatic carbocycles. The number of anilines is 1. The van der Waals surface area contributed by atoms with Gasteiger partial charge < -0.3 is 15.1 Å². The van der Waals surface area contributed by atoms with E-state index in [2.05, 4.69) is 15.7 Å². The van der Waals surface area contributed by atoms with E-state index in [1.807, 2.05) is 44.2 Å². The van der Waals surface area contributed by atoms with Gasteiger partial charge in [0, 0.05) is 18.7 Å². The second-order valence-electron chi connectivity index (χ2n) is 5.89. The van der Waals surface area contributed by atoms with Gasteiger partial charge in [-0.2, -0.15) is 5.10 Å². The largest absolute Gasteiger partial charge is 0.459 e. The molecule has 7 nitrogen and oxygen atoms in total. The molecule has 0 saturated heterocycles. The maximum absolute atomic E-state index is 12.2. The lowest BCUT2D eigenvalue weighted by molar-refractivity contribution is -0.116. The molecule has 3 aromatic rings. The molecule has 0 radical (unpaired) electrons. The molecule has 0 atom stereocenters. The molecule has 0 aliphatic heterocycles. The minimum atomic E-state index is -0.342. The summed E-state index contributed by atoms with van der Waals surface area (Å²) in [5, 5.41) is 9.99. The minimum absolute atomic E-state index is 0.151. The van der Waals surface area contributed by atoms with Crippen LogP contribution in [0.1, 0.15) is 28.4 Å². The van der Waals surface area contributed by atoms with Crippen molar-refractivity contribution < 1.29 is 14.0 Å². The summed E-state index contributed by atoms with van der Waals surface area (Å²) >= 11 is 0. The third kappa shape index (κ3) is 4.00. The van der Waals surface area contributed by atoms with Crippen LogP contribution >= 0.6 is 0 Å². The Bertz CT molecular complexity index is 913. The van der Waals surface area contributed by atoms with Gasteiger partial charge in [0.15, 0.2) is 5.76 Å². The predicted octanol–water partition coefficient (Wildman–Crippen LogP) is 2.84. The summed E-state index contributed by atoms with van der Waals surface area (Å²) in [7, 11) is 0. The molecule has 0 saturated carbocycles. The van der Waals surface area contributed by atoms with Crippen LogP contribution in [0, 0.1) is 13.8 Å². The second kappa shape index (κ2) is 7.69. The molecule has 2 amide bonds. The fraction of sp³-hybridized carbons (Fsp3) is 0.211. The van der Waals surface area contributed by atoms with E-state index in [1.165, 1.54) is 6.26 Å². The predicted molar refractivity (Wildman–Crippen MR) is 97.3 cm³/mol. The molecule has 0 fully saturated rings. The number of carbonyl (C=O) groups is 2. The minimum Gasteiger partial charge on any atom is -0.459 e. The lowest BCUT2D eigenvalue weighted by atomic mass is 10.2. The number of aromatic nitrogens is 2. The molecule has 0 spiro atoms. The van der Waals surface area contributed by atoms with Crippen molar-refractivity contribution in [2.24, 2.45) is 0 Å². The van der Waals surface area contributed by atoms with E-state index in [9.17, 15) is 9.59 Å². The number of hydrogen-bond acceptors (Lipinski definition) is 4. The van der Waals surface area contributed by atoms with Crippen molar-refractivity contribution in [1.82, 2.24) is 15.1 Å². The van der Waals surface area contributed by atoms with Gasteiger partial charge in [-0.15, -0.1) is 0 Å². The number of rotatable bonds is 6. The third-order valence-corrected chi connectivity index (χ3v) is 3.80. The Morgan fingerprint density at radius 3 is 2.65 bits per heavy atom. The Labute approximate surface area is 151 Å². The van der Waals surface area contributed by atoms with Crippen LogP contribution in [0.25, 0.3) is 5.69 Å². The molecule has 0 aliphatic rings. The van der Waals surface area contributed by atoms with Crippen LogP contribution in [0.3, 0.4) is 0 Å². The Hall–Kier alpha value is -3.35. The van der Waals surface area contributed by atoms with Crippen molar-refractivity contribution in [3.8, 4) is 5.69 Å². The molecule has 3 rings (SSSR count). The first-order valence-electron chi connectivity index (χ1n) is 8.29. The Kier molecular flexibility index (Phi) is 5.17. The Morgan fingerprint density at radius 2 is 1.96 bits per heavy atom. The van der Waals surface area contributed by atoms with E-state index in [0.29, 0.717) is 5.69 Å². The summed E-state index contributed by atoms with van der Waals surface area (Å²) in [6, 6.07) is 12.6. The monoisotopic (exact) mass is 352 g/mol. The van der Waals surface area contributed by atoms with Gasteiger partial charge in [-0.25, -0.2) is 4.68 Å². The number of carbonyl (C=O) groups excluding carboxylic acids is 2. The van der Waals surface area contributed by atoms with Crippen LogP contribution in [0.2, 0.25) is 0 Å². The summed E-state index contributed by atoms with van der Waals surface area (Å²) in [5.41, 5.74) is 3.35. The van der Waals surface area contributed by atoms with E-state index in [0.717, 1.165) is 17.1 Å². The zero-order valence-electron chi connectivity index (χ0n) is 14.7. The molecule has 26 heavy (non-hydrogen) atoms. The van der Waals surface area contributed by atoms with Crippen molar-refractivity contribution in [3.05, 3.63) is 65.9 Å². The first-order valence-corrected chi connectivity index (χ1v) is 8.29. The van der Waals surface area contributed by atoms with Crippen LogP contribution in [0.5, 0.6) is 0 Å². The average Bonchev–Trinajstić information content (AvgIpc) is 3.25. The van der Waals surface area contributed by atoms with Gasteiger partial charge >= 0.3 is 0 Å². The van der Waals surface area contributed by atoms with E-state index in [-0.39, 0.29) is 30.5 Å². The molecule has 2 N–H and O–H groups in total. The van der Waals surface area contributed by atoms with Crippen molar-refractivity contribution in [3.63, 3.8) is 0 Å². The summed E-state index contributed by atoms with van der Waals surface area (Å²) in [6.45, 7) is 4.10. The summed E-state index contributed by atoms with van der Waals surface area (Å²) in [6.07, 6.45) is 1.58. The molecule has 0 unspecified atom stereocenters. The number of nitrogens with one attached hydrogen (secondary N) is 2. The standard InChI is InChI=1S/C19H20N4O3/c1-13-12-14(2)23(22-13)16-7-4-3-6-15(16)21-18(24)9-10-20-19(25)17-8-5-11-26-17/h3-8,11-12H,9-10H2,1-2H3,(H,20,25)(H,21,24). The van der Waals surface area contributed by atoms with Crippen LogP contribution in [-0.2, 0) is 4.79 Å². The van der Waals surface area contributed by atoms with Crippen molar-refractivity contribution >= 4 is 17.5 Å². The fourth-order valence-corrected chi connectivity index (χ4v) is 2.63. The van der Waals surface area contributed by atoms with Gasteiger partial charge in [-0.1, -0.05) is 12.1 Å². The van der Waals surface area contributed by atoms with Gasteiger partial charge in [0.2, 0.25) is 5.91 Å². The van der Waals surface area contributed by atoms with Crippen molar-refractivity contribution in [1.29, 1.82) is 0 Å². The number of aryl methyl sites for hydroxylation is 2. The average molecular weight is 352 g/mol. The molecule has 134 valence electrons. The van der Waals surface area contributed by atoms with E-state index in [4.69, 9.17) is 4.42 Å².